The molecule has 3 rings (SSSR count). The van der Waals surface area contributed by atoms with Gasteiger partial charge in [-0.15, -0.1) is 0 Å². The van der Waals surface area contributed by atoms with E-state index in [0.717, 1.165) is 12.8 Å². The molecule has 1 saturated carbocycles. The van der Waals surface area contributed by atoms with Crippen molar-refractivity contribution in [1.82, 2.24) is 24.8 Å². The largest absolute Gasteiger partial charge is 0.463 e. The third-order valence-corrected chi connectivity index (χ3v) is 7.18. The number of hydrogen-bond acceptors (Lipinski definition) is 7. The van der Waals surface area contributed by atoms with Gasteiger partial charge in [-0.05, 0) is 43.7 Å². The number of nitrogens with zero attached hydrogens (tertiary/aromatic N) is 3. The average molecular weight is 555 g/mol. The van der Waals surface area contributed by atoms with Crippen LogP contribution in [0.4, 0.5) is 5.69 Å². The van der Waals surface area contributed by atoms with Crippen molar-refractivity contribution in [1.29, 1.82) is 0 Å². The van der Waals surface area contributed by atoms with Crippen LogP contribution in [0.2, 0.25) is 0 Å². The van der Waals surface area contributed by atoms with Gasteiger partial charge < -0.3 is 29.8 Å². The molecule has 12 heteroatoms. The van der Waals surface area contributed by atoms with Gasteiger partial charge in [-0.25, -0.2) is 9.78 Å². The monoisotopic (exact) mass is 554 g/mol. The zero-order chi connectivity index (χ0) is 29.3. The van der Waals surface area contributed by atoms with E-state index in [1.807, 2.05) is 0 Å². The molecular weight excluding hydrogens is 516 g/mol. The van der Waals surface area contributed by atoms with Gasteiger partial charge in [0.1, 0.15) is 23.5 Å². The van der Waals surface area contributed by atoms with Crippen molar-refractivity contribution in [2.75, 3.05) is 18.5 Å². The molecule has 1 fully saturated rings. The van der Waals surface area contributed by atoms with Crippen LogP contribution >= 0.6 is 0 Å². The van der Waals surface area contributed by atoms with Crippen molar-refractivity contribution in [2.24, 2.45) is 18.9 Å². The lowest BCUT2D eigenvalue weighted by atomic mass is 10.0. The SMILES string of the molecule is CCOC(=O)/C=C/C[C@@H]1CC1(NC(=O)c1cncn1C)C(=O)Nc1cccn(CC(=O)NCC(CC)CC)c1=O. The summed E-state index contributed by atoms with van der Waals surface area (Å²) in [7, 11) is 1.66. The number of imidazole rings is 1. The number of carbonyl (C=O) groups excluding carboxylic acids is 4. The van der Waals surface area contributed by atoms with E-state index in [1.54, 1.807) is 26.1 Å². The van der Waals surface area contributed by atoms with Crippen molar-refractivity contribution in [3.63, 3.8) is 0 Å². The van der Waals surface area contributed by atoms with Crippen LogP contribution in [-0.4, -0.2) is 56.5 Å². The molecule has 0 saturated heterocycles. The van der Waals surface area contributed by atoms with Crippen LogP contribution in [-0.2, 0) is 32.7 Å². The summed E-state index contributed by atoms with van der Waals surface area (Å²) in [6.07, 6.45) is 9.75. The molecule has 0 radical (unpaired) electrons. The Morgan fingerprint density at radius 1 is 1.23 bits per heavy atom. The van der Waals surface area contributed by atoms with Crippen molar-refractivity contribution in [2.45, 2.75) is 58.5 Å². The molecule has 2 atom stereocenters. The summed E-state index contributed by atoms with van der Waals surface area (Å²) in [5.41, 5.74) is -1.59. The Kier molecular flexibility index (Phi) is 10.4. The van der Waals surface area contributed by atoms with E-state index >= 15 is 0 Å². The number of rotatable bonds is 14. The molecule has 0 spiro atoms. The van der Waals surface area contributed by atoms with Crippen LogP contribution in [0.3, 0.4) is 0 Å². The average Bonchev–Trinajstić information content (AvgIpc) is 3.44. The fraction of sp³-hybridized carbons (Fsp3) is 0.500. The second-order valence-electron chi connectivity index (χ2n) is 9.90. The molecule has 0 aromatic carbocycles. The number of nitrogens with one attached hydrogen (secondary N) is 3. The number of allylic oxidation sites excluding steroid dienone is 1. The van der Waals surface area contributed by atoms with Crippen LogP contribution in [0.5, 0.6) is 0 Å². The first-order valence-electron chi connectivity index (χ1n) is 13.5. The Hall–Kier alpha value is -4.22. The molecule has 3 amide bonds. The molecule has 40 heavy (non-hydrogen) atoms. The normalized spacial score (nSPS) is 18.0. The van der Waals surface area contributed by atoms with Gasteiger partial charge in [0.2, 0.25) is 5.91 Å². The second kappa shape index (κ2) is 13.7. The smallest absolute Gasteiger partial charge is 0.330 e. The Morgan fingerprint density at radius 3 is 2.62 bits per heavy atom. The predicted octanol–water partition coefficient (Wildman–Crippen LogP) is 1.77. The molecule has 2 aromatic heterocycles. The van der Waals surface area contributed by atoms with Gasteiger partial charge in [0.05, 0.1) is 19.1 Å². The van der Waals surface area contributed by atoms with Crippen LogP contribution in [0.1, 0.15) is 56.9 Å². The summed E-state index contributed by atoms with van der Waals surface area (Å²) in [5, 5.41) is 8.32. The summed E-state index contributed by atoms with van der Waals surface area (Å²) < 4.78 is 7.65. The molecule has 1 aliphatic rings. The maximum absolute atomic E-state index is 13.5. The molecule has 2 aromatic rings. The van der Waals surface area contributed by atoms with Crippen LogP contribution < -0.4 is 21.5 Å². The molecule has 1 unspecified atom stereocenters. The van der Waals surface area contributed by atoms with Gasteiger partial charge in [0.25, 0.3) is 17.4 Å². The highest BCUT2D eigenvalue weighted by atomic mass is 16.5. The minimum atomic E-state index is -1.31. The van der Waals surface area contributed by atoms with Gasteiger partial charge in [-0.3, -0.25) is 19.2 Å². The molecule has 12 nitrogen and oxygen atoms in total. The minimum absolute atomic E-state index is 0.0119. The highest BCUT2D eigenvalue weighted by Crippen LogP contribution is 2.47. The second-order valence-corrected chi connectivity index (χ2v) is 9.90. The summed E-state index contributed by atoms with van der Waals surface area (Å²) in [6, 6.07) is 3.02. The lowest BCUT2D eigenvalue weighted by Crippen LogP contribution is -2.49. The van der Waals surface area contributed by atoms with Gasteiger partial charge in [-0.2, -0.15) is 0 Å². The zero-order valence-electron chi connectivity index (χ0n) is 23.4. The molecule has 0 bridgehead atoms. The first-order valence-corrected chi connectivity index (χ1v) is 13.5. The van der Waals surface area contributed by atoms with Crippen LogP contribution in [0.25, 0.3) is 0 Å². The topological polar surface area (TPSA) is 153 Å². The van der Waals surface area contributed by atoms with E-state index in [-0.39, 0.29) is 36.4 Å². The van der Waals surface area contributed by atoms with Crippen LogP contribution in [0.15, 0.2) is 47.8 Å². The Bertz CT molecular complexity index is 1310. The molecule has 2 heterocycles. The van der Waals surface area contributed by atoms with E-state index in [9.17, 15) is 24.0 Å². The third kappa shape index (κ3) is 7.45. The Labute approximate surface area is 233 Å². The summed E-state index contributed by atoms with van der Waals surface area (Å²) >= 11 is 0. The summed E-state index contributed by atoms with van der Waals surface area (Å²) in [6.45, 7) is 6.41. The number of aromatic nitrogens is 3. The number of pyridine rings is 1. The highest BCUT2D eigenvalue weighted by molar-refractivity contribution is 6.05. The van der Waals surface area contributed by atoms with E-state index in [1.165, 1.54) is 40.0 Å². The number of hydrogen-bond donors (Lipinski definition) is 3. The van der Waals surface area contributed by atoms with Gasteiger partial charge in [0, 0.05) is 25.9 Å². The lowest BCUT2D eigenvalue weighted by Gasteiger charge is -2.19. The first-order chi connectivity index (χ1) is 19.1. The third-order valence-electron chi connectivity index (χ3n) is 7.18. The van der Waals surface area contributed by atoms with Crippen molar-refractivity contribution in [3.05, 3.63) is 59.1 Å². The van der Waals surface area contributed by atoms with Crippen molar-refractivity contribution >= 4 is 29.4 Å². The van der Waals surface area contributed by atoms with Gasteiger partial charge in [-0.1, -0.05) is 32.8 Å². The van der Waals surface area contributed by atoms with Crippen molar-refractivity contribution < 1.29 is 23.9 Å². The van der Waals surface area contributed by atoms with Crippen molar-refractivity contribution in [3.8, 4) is 0 Å². The predicted molar refractivity (Wildman–Crippen MR) is 148 cm³/mol. The number of esters is 1. The number of aryl methyl sites for hydroxylation is 1. The quantitative estimate of drug-likeness (QED) is 0.238. The highest BCUT2D eigenvalue weighted by Gasteiger charge is 2.60. The van der Waals surface area contributed by atoms with E-state index in [0.29, 0.717) is 25.3 Å². The number of amides is 3. The Morgan fingerprint density at radius 2 is 1.98 bits per heavy atom. The lowest BCUT2D eigenvalue weighted by molar-refractivity contribution is -0.137. The number of ether oxygens (including phenoxy) is 1. The van der Waals surface area contributed by atoms with Gasteiger partial charge >= 0.3 is 5.97 Å². The summed E-state index contributed by atoms with van der Waals surface area (Å²) in [4.78, 5) is 67.7. The number of anilines is 1. The van der Waals surface area contributed by atoms with E-state index in [2.05, 4.69) is 34.8 Å². The maximum Gasteiger partial charge on any atom is 0.330 e. The zero-order valence-corrected chi connectivity index (χ0v) is 23.4. The molecule has 3 N–H and O–H groups in total. The van der Waals surface area contributed by atoms with E-state index < -0.39 is 28.9 Å². The molecule has 0 aliphatic heterocycles. The molecule has 216 valence electrons. The first kappa shape index (κ1) is 30.3. The van der Waals surface area contributed by atoms with E-state index in [4.69, 9.17) is 4.74 Å². The molecule has 1 aliphatic carbocycles. The standard InChI is InChI=1S/C28H38N6O6/c1-5-19(6-2)15-30-23(35)17-34-13-9-11-21(26(34)38)31-27(39)28(32-25(37)22-16-29-18-33(22)4)14-20(28)10-8-12-24(36)40-7-3/h8-9,11-13,16,18-20H,5-7,10,14-15,17H2,1-4H3,(H,30,35)(H,31,39)(H,32,37)/b12-8+/t20-,28?/m1/s1. The fourth-order valence-electron chi connectivity index (χ4n) is 4.50. The Balaban J connectivity index is 1.75. The summed E-state index contributed by atoms with van der Waals surface area (Å²) in [5.74, 6) is -1.81. The molecular formula is C28H38N6O6. The van der Waals surface area contributed by atoms with Gasteiger partial charge in [0.15, 0.2) is 0 Å². The number of carbonyl (C=O) groups is 4. The fourth-order valence-corrected chi connectivity index (χ4v) is 4.50. The maximum atomic E-state index is 13.5. The van der Waals surface area contributed by atoms with Crippen LogP contribution in [0, 0.1) is 11.8 Å². The minimum Gasteiger partial charge on any atom is -0.463 e.